The zero-order chi connectivity index (χ0) is 7.72. The van der Waals surface area contributed by atoms with Gasteiger partial charge < -0.3 is 5.73 Å². The van der Waals surface area contributed by atoms with Crippen molar-refractivity contribution >= 4 is 17.3 Å². The molecule has 0 amide bonds. The van der Waals surface area contributed by atoms with Gasteiger partial charge in [-0.1, -0.05) is 17.7 Å². The molecule has 0 aromatic heterocycles. The molecular formula is C8H10ClN. The van der Waals surface area contributed by atoms with Crippen LogP contribution in [0, 0.1) is 13.8 Å². The molecule has 1 rings (SSSR count). The average molecular weight is 156 g/mol. The fourth-order valence-electron chi connectivity index (χ4n) is 0.804. The molecule has 0 aliphatic heterocycles. The van der Waals surface area contributed by atoms with Gasteiger partial charge in [-0.15, -0.1) is 0 Å². The minimum Gasteiger partial charge on any atom is -0.397 e. The van der Waals surface area contributed by atoms with Crippen molar-refractivity contribution in [2.75, 3.05) is 5.73 Å². The summed E-state index contributed by atoms with van der Waals surface area (Å²) < 4.78 is 0. The third-order valence-electron chi connectivity index (χ3n) is 1.73. The van der Waals surface area contributed by atoms with Crippen molar-refractivity contribution in [2.45, 2.75) is 13.8 Å². The molecule has 1 aromatic rings. The monoisotopic (exact) mass is 155 g/mol. The Balaban J connectivity index is 3.34. The Labute approximate surface area is 65.8 Å². The molecule has 0 aliphatic rings. The highest BCUT2D eigenvalue weighted by atomic mass is 35.5. The molecule has 0 saturated carbocycles. The second kappa shape index (κ2) is 2.51. The molecule has 0 heterocycles. The van der Waals surface area contributed by atoms with Crippen LogP contribution in [0.4, 0.5) is 5.69 Å². The summed E-state index contributed by atoms with van der Waals surface area (Å²) in [4.78, 5) is 0. The summed E-state index contributed by atoms with van der Waals surface area (Å²) in [5, 5.41) is 0.642. The Morgan fingerprint density at radius 1 is 1.30 bits per heavy atom. The van der Waals surface area contributed by atoms with E-state index in [4.69, 9.17) is 17.3 Å². The lowest BCUT2D eigenvalue weighted by Crippen LogP contribution is -1.92. The summed E-state index contributed by atoms with van der Waals surface area (Å²) in [7, 11) is 0. The zero-order valence-corrected chi connectivity index (χ0v) is 6.87. The molecule has 54 valence electrons. The molecule has 2 heteroatoms. The van der Waals surface area contributed by atoms with Gasteiger partial charge in [-0.2, -0.15) is 0 Å². The minimum atomic E-state index is 0.642. The first-order chi connectivity index (χ1) is 4.63. The third-order valence-corrected chi connectivity index (χ3v) is 2.06. The maximum Gasteiger partial charge on any atom is 0.0638 e. The molecule has 10 heavy (non-hydrogen) atoms. The Morgan fingerprint density at radius 3 is 2.40 bits per heavy atom. The zero-order valence-electron chi connectivity index (χ0n) is 6.11. The molecule has 2 N–H and O–H groups in total. The fraction of sp³-hybridized carbons (Fsp3) is 0.250. The van der Waals surface area contributed by atoms with Crippen LogP contribution in [0.1, 0.15) is 11.1 Å². The lowest BCUT2D eigenvalue weighted by atomic mass is 10.1. The predicted molar refractivity (Wildman–Crippen MR) is 45.3 cm³/mol. The molecule has 0 aliphatic carbocycles. The van der Waals surface area contributed by atoms with Crippen molar-refractivity contribution in [3.05, 3.63) is 28.3 Å². The van der Waals surface area contributed by atoms with Crippen LogP contribution in [-0.2, 0) is 0 Å². The maximum atomic E-state index is 5.76. The number of nitrogen functional groups attached to an aromatic ring is 1. The van der Waals surface area contributed by atoms with Crippen LogP contribution in [0.25, 0.3) is 0 Å². The fourth-order valence-corrected chi connectivity index (χ4v) is 1.01. The second-order valence-corrected chi connectivity index (χ2v) is 2.81. The quantitative estimate of drug-likeness (QED) is 0.573. The summed E-state index contributed by atoms with van der Waals surface area (Å²) in [6.45, 7) is 3.98. The van der Waals surface area contributed by atoms with E-state index in [0.717, 1.165) is 5.56 Å². The number of hydrogen-bond acceptors (Lipinski definition) is 1. The van der Waals surface area contributed by atoms with Crippen molar-refractivity contribution in [1.29, 1.82) is 0 Å². The van der Waals surface area contributed by atoms with Gasteiger partial charge in [0.05, 0.1) is 10.7 Å². The molecular weight excluding hydrogens is 146 g/mol. The standard InChI is InChI=1S/C8H10ClN/c1-5-3-4-7(9)8(10)6(5)2/h3-4H,10H2,1-2H3. The number of hydrogen-bond donors (Lipinski definition) is 1. The first-order valence-corrected chi connectivity index (χ1v) is 3.52. The molecule has 0 bridgehead atoms. The highest BCUT2D eigenvalue weighted by molar-refractivity contribution is 6.33. The second-order valence-electron chi connectivity index (χ2n) is 2.40. The number of rotatable bonds is 0. The Hall–Kier alpha value is -0.690. The van der Waals surface area contributed by atoms with E-state index >= 15 is 0 Å². The van der Waals surface area contributed by atoms with Crippen molar-refractivity contribution < 1.29 is 0 Å². The van der Waals surface area contributed by atoms with Gasteiger partial charge in [-0.05, 0) is 31.0 Å². The minimum absolute atomic E-state index is 0.642. The lowest BCUT2D eigenvalue weighted by Gasteiger charge is -2.04. The highest BCUT2D eigenvalue weighted by Gasteiger charge is 2.00. The third kappa shape index (κ3) is 1.09. The van der Waals surface area contributed by atoms with Gasteiger partial charge >= 0.3 is 0 Å². The first kappa shape index (κ1) is 7.42. The van der Waals surface area contributed by atoms with Crippen LogP contribution < -0.4 is 5.73 Å². The number of nitrogens with two attached hydrogens (primary N) is 1. The normalized spacial score (nSPS) is 9.90. The molecule has 1 nitrogen and oxygen atoms in total. The average Bonchev–Trinajstić information content (AvgIpc) is 1.93. The van der Waals surface area contributed by atoms with Gasteiger partial charge in [0.1, 0.15) is 0 Å². The summed E-state index contributed by atoms with van der Waals surface area (Å²) in [5.41, 5.74) is 8.61. The molecule has 0 atom stereocenters. The number of benzene rings is 1. The van der Waals surface area contributed by atoms with Gasteiger partial charge in [0, 0.05) is 0 Å². The van der Waals surface area contributed by atoms with Gasteiger partial charge in [-0.3, -0.25) is 0 Å². The van der Waals surface area contributed by atoms with Crippen molar-refractivity contribution in [3.8, 4) is 0 Å². The van der Waals surface area contributed by atoms with Crippen LogP contribution in [0.3, 0.4) is 0 Å². The van der Waals surface area contributed by atoms with Crippen LogP contribution in [-0.4, -0.2) is 0 Å². The lowest BCUT2D eigenvalue weighted by molar-refractivity contribution is 1.35. The van der Waals surface area contributed by atoms with Crippen molar-refractivity contribution in [3.63, 3.8) is 0 Å². The van der Waals surface area contributed by atoms with Crippen LogP contribution in [0.5, 0.6) is 0 Å². The van der Waals surface area contributed by atoms with Gasteiger partial charge in [0.2, 0.25) is 0 Å². The molecule has 0 spiro atoms. The predicted octanol–water partition coefficient (Wildman–Crippen LogP) is 2.54. The van der Waals surface area contributed by atoms with Crippen LogP contribution >= 0.6 is 11.6 Å². The molecule has 1 aromatic carbocycles. The van der Waals surface area contributed by atoms with E-state index in [2.05, 4.69) is 0 Å². The SMILES string of the molecule is Cc1ccc(Cl)c(N)c1C. The van der Waals surface area contributed by atoms with E-state index in [-0.39, 0.29) is 0 Å². The van der Waals surface area contributed by atoms with Crippen molar-refractivity contribution in [2.24, 2.45) is 0 Å². The Bertz CT molecular complexity index is 229. The van der Waals surface area contributed by atoms with E-state index in [9.17, 15) is 0 Å². The van der Waals surface area contributed by atoms with Gasteiger partial charge in [0.15, 0.2) is 0 Å². The summed E-state index contributed by atoms with van der Waals surface area (Å²) in [6, 6.07) is 3.78. The smallest absolute Gasteiger partial charge is 0.0638 e. The summed E-state index contributed by atoms with van der Waals surface area (Å²) >= 11 is 5.76. The largest absolute Gasteiger partial charge is 0.397 e. The van der Waals surface area contributed by atoms with E-state index in [1.165, 1.54) is 5.56 Å². The molecule has 0 radical (unpaired) electrons. The Kier molecular flexibility index (Phi) is 1.86. The maximum absolute atomic E-state index is 5.76. The summed E-state index contributed by atoms with van der Waals surface area (Å²) in [6.07, 6.45) is 0. The molecule has 0 saturated heterocycles. The van der Waals surface area contributed by atoms with Gasteiger partial charge in [0.25, 0.3) is 0 Å². The Morgan fingerprint density at radius 2 is 1.90 bits per heavy atom. The highest BCUT2D eigenvalue weighted by Crippen LogP contribution is 2.24. The number of anilines is 1. The molecule has 0 fully saturated rings. The first-order valence-electron chi connectivity index (χ1n) is 3.14. The number of halogens is 1. The topological polar surface area (TPSA) is 26.0 Å². The number of aryl methyl sites for hydroxylation is 1. The van der Waals surface area contributed by atoms with Crippen LogP contribution in [0.2, 0.25) is 5.02 Å². The van der Waals surface area contributed by atoms with E-state index in [0.29, 0.717) is 10.7 Å². The van der Waals surface area contributed by atoms with Gasteiger partial charge in [-0.25, -0.2) is 0 Å². The van der Waals surface area contributed by atoms with E-state index < -0.39 is 0 Å². The molecule has 0 unspecified atom stereocenters. The summed E-state index contributed by atoms with van der Waals surface area (Å²) in [5.74, 6) is 0. The van der Waals surface area contributed by atoms with E-state index in [1.807, 2.05) is 26.0 Å². The van der Waals surface area contributed by atoms with Crippen LogP contribution in [0.15, 0.2) is 12.1 Å². The van der Waals surface area contributed by atoms with Crippen molar-refractivity contribution in [1.82, 2.24) is 0 Å². The van der Waals surface area contributed by atoms with E-state index in [1.54, 1.807) is 0 Å².